The van der Waals surface area contributed by atoms with E-state index in [1.54, 1.807) is 25.3 Å². The molecule has 0 saturated heterocycles. The molecule has 96 valence electrons. The van der Waals surface area contributed by atoms with E-state index >= 15 is 0 Å². The molecule has 0 spiro atoms. The van der Waals surface area contributed by atoms with Crippen molar-refractivity contribution in [1.29, 1.82) is 0 Å². The third kappa shape index (κ3) is 2.72. The van der Waals surface area contributed by atoms with Crippen molar-refractivity contribution in [1.82, 2.24) is 0 Å². The third-order valence-electron chi connectivity index (χ3n) is 2.57. The minimum Gasteiger partial charge on any atom is -0.462 e. The highest BCUT2D eigenvalue weighted by Crippen LogP contribution is 2.28. The van der Waals surface area contributed by atoms with Crippen LogP contribution in [0.4, 0.5) is 4.39 Å². The van der Waals surface area contributed by atoms with Gasteiger partial charge in [-0.1, -0.05) is 17.7 Å². The molecule has 0 aliphatic heterocycles. The van der Waals surface area contributed by atoms with Gasteiger partial charge in [0.1, 0.15) is 23.9 Å². The van der Waals surface area contributed by atoms with Crippen LogP contribution in [0.25, 0.3) is 0 Å². The first kappa shape index (κ1) is 13.1. The van der Waals surface area contributed by atoms with E-state index in [1.165, 1.54) is 12.1 Å². The van der Waals surface area contributed by atoms with Gasteiger partial charge in [-0.25, -0.2) is 4.39 Å². The van der Waals surface area contributed by atoms with Gasteiger partial charge in [0.15, 0.2) is 0 Å². The van der Waals surface area contributed by atoms with Crippen LogP contribution in [0.1, 0.15) is 23.1 Å². The van der Waals surface area contributed by atoms with E-state index in [9.17, 15) is 4.39 Å². The Morgan fingerprint density at radius 1 is 1.39 bits per heavy atom. The quantitative estimate of drug-likeness (QED) is 0.927. The van der Waals surface area contributed by atoms with Crippen molar-refractivity contribution in [2.75, 3.05) is 7.11 Å². The van der Waals surface area contributed by atoms with Crippen LogP contribution in [0.15, 0.2) is 34.7 Å². The molecule has 0 aliphatic rings. The van der Waals surface area contributed by atoms with E-state index in [0.717, 1.165) is 0 Å². The average molecular weight is 270 g/mol. The van der Waals surface area contributed by atoms with E-state index in [1.807, 2.05) is 0 Å². The summed E-state index contributed by atoms with van der Waals surface area (Å²) in [5, 5.41) is 0.284. The molecule has 1 atom stereocenters. The molecule has 2 aromatic rings. The second-order valence-corrected chi connectivity index (χ2v) is 4.29. The summed E-state index contributed by atoms with van der Waals surface area (Å²) < 4.78 is 23.4. The number of ether oxygens (including phenoxy) is 1. The zero-order chi connectivity index (χ0) is 13.1. The summed E-state index contributed by atoms with van der Waals surface area (Å²) in [6.45, 7) is 0.379. The monoisotopic (exact) mass is 269 g/mol. The van der Waals surface area contributed by atoms with Gasteiger partial charge in [-0.2, -0.15) is 0 Å². The van der Waals surface area contributed by atoms with Gasteiger partial charge in [-0.05, 0) is 29.8 Å². The first-order valence-electron chi connectivity index (χ1n) is 5.40. The SMILES string of the molecule is COCc1ccc(C(N)c2ccc(F)cc2Cl)o1. The van der Waals surface area contributed by atoms with Crippen LogP contribution in [-0.2, 0) is 11.3 Å². The summed E-state index contributed by atoms with van der Waals surface area (Å²) >= 11 is 5.96. The van der Waals surface area contributed by atoms with Gasteiger partial charge < -0.3 is 14.9 Å². The van der Waals surface area contributed by atoms with E-state index in [4.69, 9.17) is 26.5 Å². The standard InChI is InChI=1S/C13H13ClFNO2/c1-17-7-9-3-5-12(18-9)13(16)10-4-2-8(15)6-11(10)14/h2-6,13H,7,16H2,1H3. The highest BCUT2D eigenvalue weighted by Gasteiger charge is 2.16. The van der Waals surface area contributed by atoms with Crippen molar-refractivity contribution >= 4 is 11.6 Å². The molecular weight excluding hydrogens is 257 g/mol. The maximum Gasteiger partial charge on any atom is 0.129 e. The number of rotatable bonds is 4. The molecule has 1 aromatic heterocycles. The first-order chi connectivity index (χ1) is 8.61. The minimum atomic E-state index is -0.524. The molecule has 1 aromatic carbocycles. The topological polar surface area (TPSA) is 48.4 Å². The molecule has 0 saturated carbocycles. The van der Waals surface area contributed by atoms with E-state index < -0.39 is 11.9 Å². The Morgan fingerprint density at radius 2 is 2.17 bits per heavy atom. The van der Waals surface area contributed by atoms with Crippen LogP contribution in [0.5, 0.6) is 0 Å². The molecule has 1 heterocycles. The molecule has 2 N–H and O–H groups in total. The fourth-order valence-corrected chi connectivity index (χ4v) is 1.97. The predicted octanol–water partition coefficient (Wildman–Crippen LogP) is 3.27. The van der Waals surface area contributed by atoms with Crippen LogP contribution >= 0.6 is 11.6 Å². The van der Waals surface area contributed by atoms with Gasteiger partial charge in [0.25, 0.3) is 0 Å². The zero-order valence-electron chi connectivity index (χ0n) is 9.82. The molecule has 0 radical (unpaired) electrons. The fourth-order valence-electron chi connectivity index (χ4n) is 1.69. The Balaban J connectivity index is 2.26. The third-order valence-corrected chi connectivity index (χ3v) is 2.90. The number of hydrogen-bond acceptors (Lipinski definition) is 3. The normalized spacial score (nSPS) is 12.7. The highest BCUT2D eigenvalue weighted by atomic mass is 35.5. The Morgan fingerprint density at radius 3 is 2.83 bits per heavy atom. The summed E-state index contributed by atoms with van der Waals surface area (Å²) in [6, 6.07) is 7.13. The molecule has 0 fully saturated rings. The molecule has 1 unspecified atom stereocenters. The summed E-state index contributed by atoms with van der Waals surface area (Å²) in [6.07, 6.45) is 0. The van der Waals surface area contributed by atoms with Crippen LogP contribution in [0.2, 0.25) is 5.02 Å². The maximum atomic E-state index is 13.0. The molecule has 0 amide bonds. The molecule has 3 nitrogen and oxygen atoms in total. The molecule has 2 rings (SSSR count). The minimum absolute atomic E-state index is 0.284. The van der Waals surface area contributed by atoms with Crippen LogP contribution in [0, 0.1) is 5.82 Å². The number of furan rings is 1. The number of benzene rings is 1. The Hall–Kier alpha value is -1.36. The van der Waals surface area contributed by atoms with Gasteiger partial charge in [-0.3, -0.25) is 0 Å². The largest absolute Gasteiger partial charge is 0.462 e. The smallest absolute Gasteiger partial charge is 0.129 e. The Bertz CT molecular complexity index is 542. The fraction of sp³-hybridized carbons (Fsp3) is 0.231. The number of methoxy groups -OCH3 is 1. The Kier molecular flexibility index (Phi) is 4.01. The maximum absolute atomic E-state index is 13.0. The van der Waals surface area contributed by atoms with E-state index in [2.05, 4.69) is 0 Å². The Labute approximate surface area is 109 Å². The van der Waals surface area contributed by atoms with E-state index in [0.29, 0.717) is 23.7 Å². The summed E-state index contributed by atoms with van der Waals surface area (Å²) in [5.74, 6) is 0.854. The lowest BCUT2D eigenvalue weighted by Crippen LogP contribution is -2.11. The van der Waals surface area contributed by atoms with Gasteiger partial charge in [0.2, 0.25) is 0 Å². The van der Waals surface area contributed by atoms with Crippen LogP contribution in [-0.4, -0.2) is 7.11 Å². The molecule has 0 bridgehead atoms. The second kappa shape index (κ2) is 5.52. The lowest BCUT2D eigenvalue weighted by Gasteiger charge is -2.11. The van der Waals surface area contributed by atoms with Crippen molar-refractivity contribution in [3.8, 4) is 0 Å². The van der Waals surface area contributed by atoms with Crippen molar-refractivity contribution in [2.45, 2.75) is 12.6 Å². The molecule has 0 aliphatic carbocycles. The van der Waals surface area contributed by atoms with Crippen LogP contribution < -0.4 is 5.73 Å². The first-order valence-corrected chi connectivity index (χ1v) is 5.77. The lowest BCUT2D eigenvalue weighted by atomic mass is 10.1. The van der Waals surface area contributed by atoms with Gasteiger partial charge in [0, 0.05) is 12.1 Å². The number of hydrogen-bond donors (Lipinski definition) is 1. The molecule has 5 heteroatoms. The lowest BCUT2D eigenvalue weighted by molar-refractivity contribution is 0.162. The number of nitrogens with two attached hydrogens (primary N) is 1. The van der Waals surface area contributed by atoms with Crippen molar-refractivity contribution in [3.05, 3.63) is 58.3 Å². The van der Waals surface area contributed by atoms with E-state index in [-0.39, 0.29) is 5.02 Å². The van der Waals surface area contributed by atoms with Crippen molar-refractivity contribution in [2.24, 2.45) is 5.73 Å². The molecule has 18 heavy (non-hydrogen) atoms. The summed E-state index contributed by atoms with van der Waals surface area (Å²) in [5.41, 5.74) is 6.66. The molecular formula is C13H13ClFNO2. The summed E-state index contributed by atoms with van der Waals surface area (Å²) in [4.78, 5) is 0. The van der Waals surface area contributed by atoms with Crippen molar-refractivity contribution in [3.63, 3.8) is 0 Å². The number of halogens is 2. The second-order valence-electron chi connectivity index (χ2n) is 3.88. The van der Waals surface area contributed by atoms with Gasteiger partial charge in [-0.15, -0.1) is 0 Å². The van der Waals surface area contributed by atoms with Crippen molar-refractivity contribution < 1.29 is 13.5 Å². The van der Waals surface area contributed by atoms with Gasteiger partial charge >= 0.3 is 0 Å². The zero-order valence-corrected chi connectivity index (χ0v) is 10.6. The van der Waals surface area contributed by atoms with Gasteiger partial charge in [0.05, 0.1) is 6.04 Å². The summed E-state index contributed by atoms with van der Waals surface area (Å²) in [7, 11) is 1.58. The predicted molar refractivity (Wildman–Crippen MR) is 66.9 cm³/mol. The average Bonchev–Trinajstić information content (AvgIpc) is 2.77. The highest BCUT2D eigenvalue weighted by molar-refractivity contribution is 6.31. The van der Waals surface area contributed by atoms with Crippen LogP contribution in [0.3, 0.4) is 0 Å².